The molecule has 0 spiro atoms. The minimum absolute atomic E-state index is 0.0773. The van der Waals surface area contributed by atoms with Crippen LogP contribution in [0.15, 0.2) is 30.6 Å². The summed E-state index contributed by atoms with van der Waals surface area (Å²) in [5.41, 5.74) is 0.309. The van der Waals surface area contributed by atoms with E-state index in [1.807, 2.05) is 13.8 Å². The fraction of sp³-hybridized carbons (Fsp3) is 0.286. The maximum Gasteiger partial charge on any atom is 0.353 e. The van der Waals surface area contributed by atoms with Gasteiger partial charge in [0.1, 0.15) is 12.1 Å². The van der Waals surface area contributed by atoms with Crippen molar-refractivity contribution in [3.8, 4) is 0 Å². The number of nitrogens with one attached hydrogen (secondary N) is 1. The van der Waals surface area contributed by atoms with E-state index in [9.17, 15) is 14.5 Å². The molecule has 0 bridgehead atoms. The zero-order valence-electron chi connectivity index (χ0n) is 12.3. The first-order valence-electron chi connectivity index (χ1n) is 6.83. The van der Waals surface area contributed by atoms with E-state index in [-0.39, 0.29) is 23.1 Å². The fourth-order valence-electron chi connectivity index (χ4n) is 2.05. The first kappa shape index (κ1) is 15.6. The van der Waals surface area contributed by atoms with Crippen LogP contribution in [0.25, 0.3) is 0 Å². The van der Waals surface area contributed by atoms with Gasteiger partial charge >= 0.3 is 5.69 Å². The topological polar surface area (TPSA) is 84.2 Å². The van der Waals surface area contributed by atoms with Gasteiger partial charge in [-0.2, -0.15) is 0 Å². The predicted molar refractivity (Wildman–Crippen MR) is 81.9 cm³/mol. The first-order valence-corrected chi connectivity index (χ1v) is 6.83. The zero-order chi connectivity index (χ0) is 16.1. The van der Waals surface area contributed by atoms with Crippen LogP contribution in [0, 0.1) is 15.9 Å². The second kappa shape index (κ2) is 6.79. The maximum absolute atomic E-state index is 12.9. The molecule has 1 aromatic heterocycles. The summed E-state index contributed by atoms with van der Waals surface area (Å²) in [4.78, 5) is 20.7. The van der Waals surface area contributed by atoms with Gasteiger partial charge in [-0.1, -0.05) is 0 Å². The van der Waals surface area contributed by atoms with Crippen LogP contribution in [0.4, 0.5) is 27.4 Å². The number of aromatic nitrogens is 2. The van der Waals surface area contributed by atoms with Gasteiger partial charge in [0.2, 0.25) is 11.6 Å². The molecule has 0 atom stereocenters. The Bertz CT molecular complexity index is 659. The van der Waals surface area contributed by atoms with Crippen molar-refractivity contribution in [2.45, 2.75) is 13.8 Å². The molecule has 116 valence electrons. The Kier molecular flexibility index (Phi) is 4.82. The molecule has 0 amide bonds. The van der Waals surface area contributed by atoms with Crippen LogP contribution in [0.1, 0.15) is 13.8 Å². The molecule has 1 N–H and O–H groups in total. The van der Waals surface area contributed by atoms with Gasteiger partial charge in [0.05, 0.1) is 4.92 Å². The van der Waals surface area contributed by atoms with E-state index in [1.165, 1.54) is 30.6 Å². The molecular formula is C14H16FN5O2. The smallest absolute Gasteiger partial charge is 0.351 e. The van der Waals surface area contributed by atoms with Crippen molar-refractivity contribution in [2.75, 3.05) is 23.3 Å². The minimum atomic E-state index is -0.514. The highest BCUT2D eigenvalue weighted by molar-refractivity contribution is 5.74. The molecule has 0 saturated carbocycles. The molecule has 1 aromatic carbocycles. The van der Waals surface area contributed by atoms with E-state index < -0.39 is 4.92 Å². The number of halogens is 1. The summed E-state index contributed by atoms with van der Waals surface area (Å²) in [6.07, 6.45) is 1.27. The van der Waals surface area contributed by atoms with Gasteiger partial charge in [0.25, 0.3) is 0 Å². The maximum atomic E-state index is 12.9. The number of hydrogen-bond acceptors (Lipinski definition) is 6. The summed E-state index contributed by atoms with van der Waals surface area (Å²) >= 11 is 0. The highest BCUT2D eigenvalue weighted by Gasteiger charge is 2.25. The quantitative estimate of drug-likeness (QED) is 0.652. The van der Waals surface area contributed by atoms with E-state index in [1.54, 1.807) is 4.90 Å². The molecule has 2 aromatic rings. The average Bonchev–Trinajstić information content (AvgIpc) is 2.51. The van der Waals surface area contributed by atoms with Crippen LogP contribution in [0.2, 0.25) is 0 Å². The number of nitrogens with zero attached hydrogens (tertiary/aromatic N) is 4. The third-order valence-electron chi connectivity index (χ3n) is 3.16. The molecule has 0 saturated heterocycles. The van der Waals surface area contributed by atoms with E-state index in [2.05, 4.69) is 15.3 Å². The van der Waals surface area contributed by atoms with Crippen molar-refractivity contribution < 1.29 is 9.31 Å². The first-order chi connectivity index (χ1) is 10.6. The lowest BCUT2D eigenvalue weighted by molar-refractivity contribution is -0.383. The third-order valence-corrected chi connectivity index (χ3v) is 3.16. The van der Waals surface area contributed by atoms with Gasteiger partial charge in [-0.25, -0.2) is 14.4 Å². The molecule has 0 aliphatic carbocycles. The van der Waals surface area contributed by atoms with E-state index in [0.29, 0.717) is 18.8 Å². The lowest BCUT2D eigenvalue weighted by Gasteiger charge is -2.20. The minimum Gasteiger partial charge on any atom is -0.351 e. The van der Waals surface area contributed by atoms with Crippen molar-refractivity contribution in [3.63, 3.8) is 0 Å². The lowest BCUT2D eigenvalue weighted by atomic mass is 10.3. The molecule has 0 unspecified atom stereocenters. The van der Waals surface area contributed by atoms with Gasteiger partial charge in [0, 0.05) is 18.8 Å². The Morgan fingerprint density at radius 3 is 2.41 bits per heavy atom. The number of benzene rings is 1. The van der Waals surface area contributed by atoms with Crippen molar-refractivity contribution in [2.24, 2.45) is 0 Å². The fourth-order valence-corrected chi connectivity index (χ4v) is 2.05. The van der Waals surface area contributed by atoms with Crippen molar-refractivity contribution in [1.82, 2.24) is 9.97 Å². The summed E-state index contributed by atoms with van der Waals surface area (Å²) in [6, 6.07) is 5.50. The van der Waals surface area contributed by atoms with Gasteiger partial charge in [-0.3, -0.25) is 10.1 Å². The summed E-state index contributed by atoms with van der Waals surface area (Å²) in [6.45, 7) is 4.96. The molecule has 22 heavy (non-hydrogen) atoms. The zero-order valence-corrected chi connectivity index (χ0v) is 12.3. The van der Waals surface area contributed by atoms with Crippen LogP contribution in [0.5, 0.6) is 0 Å². The highest BCUT2D eigenvalue weighted by atomic mass is 19.1. The normalized spacial score (nSPS) is 10.3. The summed E-state index contributed by atoms with van der Waals surface area (Å²) in [5.74, 6) is -0.0466. The lowest BCUT2D eigenvalue weighted by Crippen LogP contribution is -2.24. The number of nitro groups is 1. The summed E-state index contributed by atoms with van der Waals surface area (Å²) < 4.78 is 12.9. The van der Waals surface area contributed by atoms with Gasteiger partial charge in [-0.15, -0.1) is 0 Å². The molecule has 8 heteroatoms. The standard InChI is InChI=1S/C14H16FN5O2/c1-3-19(4-2)14-12(20(21)22)13(16-9-17-14)18-11-7-5-10(15)6-8-11/h5-9H,3-4H2,1-2H3,(H,16,17,18). The Balaban J connectivity index is 2.44. The molecule has 0 fully saturated rings. The Morgan fingerprint density at radius 2 is 1.86 bits per heavy atom. The molecule has 0 radical (unpaired) electrons. The largest absolute Gasteiger partial charge is 0.353 e. The molecule has 7 nitrogen and oxygen atoms in total. The van der Waals surface area contributed by atoms with Crippen molar-refractivity contribution in [1.29, 1.82) is 0 Å². The van der Waals surface area contributed by atoms with Crippen LogP contribution in [-0.2, 0) is 0 Å². The Hall–Kier alpha value is -2.77. The Morgan fingerprint density at radius 1 is 1.23 bits per heavy atom. The van der Waals surface area contributed by atoms with E-state index in [0.717, 1.165) is 0 Å². The number of anilines is 3. The third kappa shape index (κ3) is 3.27. The molecular weight excluding hydrogens is 289 g/mol. The molecule has 1 heterocycles. The number of hydrogen-bond donors (Lipinski definition) is 1. The average molecular weight is 305 g/mol. The van der Waals surface area contributed by atoms with Crippen LogP contribution >= 0.6 is 0 Å². The van der Waals surface area contributed by atoms with E-state index >= 15 is 0 Å². The molecule has 0 aliphatic heterocycles. The van der Waals surface area contributed by atoms with E-state index in [4.69, 9.17) is 0 Å². The Labute approximate surface area is 127 Å². The van der Waals surface area contributed by atoms with Crippen LogP contribution in [-0.4, -0.2) is 28.0 Å². The molecule has 0 aliphatic rings. The number of rotatable bonds is 6. The predicted octanol–water partition coefficient (Wildman–Crippen LogP) is 3.11. The van der Waals surface area contributed by atoms with Crippen LogP contribution in [0.3, 0.4) is 0 Å². The second-order valence-electron chi connectivity index (χ2n) is 4.46. The molecule has 2 rings (SSSR count). The van der Waals surface area contributed by atoms with Crippen LogP contribution < -0.4 is 10.2 Å². The summed E-state index contributed by atoms with van der Waals surface area (Å²) in [7, 11) is 0. The van der Waals surface area contributed by atoms with Crippen molar-refractivity contribution in [3.05, 3.63) is 46.5 Å². The van der Waals surface area contributed by atoms with Gasteiger partial charge in [0.15, 0.2) is 0 Å². The second-order valence-corrected chi connectivity index (χ2v) is 4.46. The summed E-state index contributed by atoms with van der Waals surface area (Å²) in [5, 5.41) is 14.3. The van der Waals surface area contributed by atoms with Gasteiger partial charge in [-0.05, 0) is 38.1 Å². The monoisotopic (exact) mass is 305 g/mol. The SMILES string of the molecule is CCN(CC)c1ncnc(Nc2ccc(F)cc2)c1[N+](=O)[O-]. The van der Waals surface area contributed by atoms with Crippen molar-refractivity contribution >= 4 is 23.0 Å². The van der Waals surface area contributed by atoms with Gasteiger partial charge < -0.3 is 10.2 Å². The highest BCUT2D eigenvalue weighted by Crippen LogP contribution is 2.33.